The van der Waals surface area contributed by atoms with E-state index in [1.165, 1.54) is 7.11 Å². The van der Waals surface area contributed by atoms with E-state index < -0.39 is 11.5 Å². The van der Waals surface area contributed by atoms with Crippen LogP contribution in [0, 0.1) is 16.7 Å². The van der Waals surface area contributed by atoms with Gasteiger partial charge in [0.1, 0.15) is 0 Å². The Morgan fingerprint density at radius 3 is 2.64 bits per heavy atom. The third-order valence-corrected chi connectivity index (χ3v) is 1.16. The van der Waals surface area contributed by atoms with Crippen molar-refractivity contribution >= 4 is 6.09 Å². The number of hydrogen-bond donors (Lipinski definition) is 1. The summed E-state index contributed by atoms with van der Waals surface area (Å²) in [7, 11) is 1.29. The summed E-state index contributed by atoms with van der Waals surface area (Å²) >= 11 is 0. The summed E-state index contributed by atoms with van der Waals surface area (Å²) in [5.74, 6) is 0. The molecule has 1 amide bonds. The van der Waals surface area contributed by atoms with Crippen LogP contribution in [0.5, 0.6) is 0 Å². The molecule has 0 rings (SSSR count). The minimum atomic E-state index is -0.534. The van der Waals surface area contributed by atoms with Crippen LogP contribution in [0.15, 0.2) is 0 Å². The van der Waals surface area contributed by atoms with Gasteiger partial charge in [-0.15, -0.1) is 0 Å². The zero-order valence-corrected chi connectivity index (χ0v) is 6.97. The molecule has 4 nitrogen and oxygen atoms in total. The van der Waals surface area contributed by atoms with Crippen molar-refractivity contribution in [2.24, 2.45) is 5.41 Å². The minimum absolute atomic E-state index is 0.302. The zero-order valence-electron chi connectivity index (χ0n) is 6.97. The number of hydrogen-bond acceptors (Lipinski definition) is 3. The largest absolute Gasteiger partial charge is 0.453 e. The van der Waals surface area contributed by atoms with Crippen LogP contribution in [0.4, 0.5) is 4.79 Å². The highest BCUT2D eigenvalue weighted by molar-refractivity contribution is 5.66. The Morgan fingerprint density at radius 1 is 1.73 bits per heavy atom. The number of nitrogens with one attached hydrogen (secondary N) is 1. The SMILES string of the molecule is COC(=O)NCC(C)(C)C#N. The maximum absolute atomic E-state index is 10.5. The van der Waals surface area contributed by atoms with Gasteiger partial charge >= 0.3 is 6.09 Å². The van der Waals surface area contributed by atoms with Crippen molar-refractivity contribution in [3.05, 3.63) is 0 Å². The minimum Gasteiger partial charge on any atom is -0.453 e. The van der Waals surface area contributed by atoms with E-state index in [1.54, 1.807) is 13.8 Å². The first-order valence-corrected chi connectivity index (χ1v) is 3.25. The summed E-state index contributed by atoms with van der Waals surface area (Å²) in [4.78, 5) is 10.5. The van der Waals surface area contributed by atoms with E-state index in [-0.39, 0.29) is 0 Å². The van der Waals surface area contributed by atoms with Crippen molar-refractivity contribution in [2.45, 2.75) is 13.8 Å². The molecule has 0 saturated carbocycles. The first kappa shape index (κ1) is 9.76. The van der Waals surface area contributed by atoms with E-state index in [2.05, 4.69) is 16.1 Å². The predicted octanol–water partition coefficient (Wildman–Crippen LogP) is 0.892. The summed E-state index contributed by atoms with van der Waals surface area (Å²) in [5.41, 5.74) is -0.534. The van der Waals surface area contributed by atoms with Crippen LogP contribution >= 0.6 is 0 Å². The quantitative estimate of drug-likeness (QED) is 0.645. The van der Waals surface area contributed by atoms with Gasteiger partial charge in [-0.2, -0.15) is 5.26 Å². The molecule has 0 aliphatic carbocycles. The van der Waals surface area contributed by atoms with Crippen LogP contribution in [0.2, 0.25) is 0 Å². The van der Waals surface area contributed by atoms with Crippen molar-refractivity contribution in [3.8, 4) is 6.07 Å². The van der Waals surface area contributed by atoms with E-state index in [4.69, 9.17) is 5.26 Å². The molecule has 0 bridgehead atoms. The van der Waals surface area contributed by atoms with Crippen molar-refractivity contribution in [1.82, 2.24) is 5.32 Å². The Hall–Kier alpha value is -1.24. The lowest BCUT2D eigenvalue weighted by molar-refractivity contribution is 0.168. The Labute approximate surface area is 66.1 Å². The predicted molar refractivity (Wildman–Crippen MR) is 39.8 cm³/mol. The highest BCUT2D eigenvalue weighted by Gasteiger charge is 2.17. The number of nitrogens with zero attached hydrogens (tertiary/aromatic N) is 1. The molecule has 0 fully saturated rings. The molecule has 0 aromatic rings. The molecule has 0 aromatic heterocycles. The molecule has 0 aromatic carbocycles. The van der Waals surface area contributed by atoms with Gasteiger partial charge in [-0.1, -0.05) is 0 Å². The van der Waals surface area contributed by atoms with Gasteiger partial charge in [-0.3, -0.25) is 0 Å². The summed E-state index contributed by atoms with van der Waals surface area (Å²) in [5, 5.41) is 11.0. The van der Waals surface area contributed by atoms with Crippen molar-refractivity contribution in [3.63, 3.8) is 0 Å². The lowest BCUT2D eigenvalue weighted by Gasteiger charge is -2.14. The topological polar surface area (TPSA) is 62.1 Å². The first-order chi connectivity index (χ1) is 5.02. The molecule has 1 N–H and O–H groups in total. The van der Waals surface area contributed by atoms with Crippen LogP contribution in [-0.4, -0.2) is 19.7 Å². The Bertz CT molecular complexity index is 181. The summed E-state index contributed by atoms with van der Waals surface area (Å²) in [6, 6.07) is 2.05. The number of carbonyl (C=O) groups excluding carboxylic acids is 1. The second kappa shape index (κ2) is 3.81. The second-order valence-electron chi connectivity index (χ2n) is 2.84. The van der Waals surface area contributed by atoms with Crippen molar-refractivity contribution in [1.29, 1.82) is 5.26 Å². The summed E-state index contributed by atoms with van der Waals surface area (Å²) in [6.07, 6.45) is -0.506. The summed E-state index contributed by atoms with van der Waals surface area (Å²) < 4.78 is 4.33. The molecule has 0 radical (unpaired) electrons. The maximum atomic E-state index is 10.5. The molecule has 11 heavy (non-hydrogen) atoms. The van der Waals surface area contributed by atoms with Gasteiger partial charge in [-0.25, -0.2) is 4.79 Å². The number of ether oxygens (including phenoxy) is 1. The fourth-order valence-corrected chi connectivity index (χ4v) is 0.405. The number of amides is 1. The Kier molecular flexibility index (Phi) is 3.38. The third-order valence-electron chi connectivity index (χ3n) is 1.16. The van der Waals surface area contributed by atoms with Crippen LogP contribution in [-0.2, 0) is 4.74 Å². The second-order valence-corrected chi connectivity index (χ2v) is 2.84. The molecule has 0 spiro atoms. The van der Waals surface area contributed by atoms with Crippen LogP contribution in [0.1, 0.15) is 13.8 Å². The molecule has 0 atom stereocenters. The molecule has 0 saturated heterocycles. The Morgan fingerprint density at radius 2 is 2.27 bits per heavy atom. The molecule has 0 unspecified atom stereocenters. The van der Waals surface area contributed by atoms with E-state index in [0.717, 1.165) is 0 Å². The van der Waals surface area contributed by atoms with Gasteiger partial charge in [0.25, 0.3) is 0 Å². The van der Waals surface area contributed by atoms with Gasteiger partial charge in [0.2, 0.25) is 0 Å². The molecular formula is C7H12N2O2. The van der Waals surface area contributed by atoms with E-state index >= 15 is 0 Å². The van der Waals surface area contributed by atoms with E-state index in [9.17, 15) is 4.79 Å². The monoisotopic (exact) mass is 156 g/mol. The van der Waals surface area contributed by atoms with E-state index in [1.807, 2.05) is 0 Å². The fourth-order valence-electron chi connectivity index (χ4n) is 0.405. The average molecular weight is 156 g/mol. The Balaban J connectivity index is 3.72. The molecule has 0 aliphatic heterocycles. The van der Waals surface area contributed by atoms with Crippen molar-refractivity contribution in [2.75, 3.05) is 13.7 Å². The number of methoxy groups -OCH3 is 1. The van der Waals surface area contributed by atoms with Gasteiger partial charge in [0.05, 0.1) is 18.6 Å². The lowest BCUT2D eigenvalue weighted by Crippen LogP contribution is -2.32. The van der Waals surface area contributed by atoms with Gasteiger partial charge in [-0.05, 0) is 13.8 Å². The first-order valence-electron chi connectivity index (χ1n) is 3.25. The van der Waals surface area contributed by atoms with Gasteiger partial charge in [0.15, 0.2) is 0 Å². The third kappa shape index (κ3) is 4.20. The van der Waals surface area contributed by atoms with Crippen LogP contribution in [0.25, 0.3) is 0 Å². The van der Waals surface area contributed by atoms with E-state index in [0.29, 0.717) is 6.54 Å². The average Bonchev–Trinajstić information content (AvgIpc) is 2.00. The highest BCUT2D eigenvalue weighted by atomic mass is 16.5. The lowest BCUT2D eigenvalue weighted by atomic mass is 9.96. The number of carbonyl (C=O) groups is 1. The smallest absolute Gasteiger partial charge is 0.406 e. The molecule has 0 aliphatic rings. The standard InChI is InChI=1S/C7H12N2O2/c1-7(2,4-8)5-9-6(10)11-3/h5H2,1-3H3,(H,9,10). The molecular weight excluding hydrogens is 144 g/mol. The number of rotatable bonds is 2. The van der Waals surface area contributed by atoms with Crippen LogP contribution < -0.4 is 5.32 Å². The van der Waals surface area contributed by atoms with Crippen LogP contribution in [0.3, 0.4) is 0 Å². The maximum Gasteiger partial charge on any atom is 0.406 e. The number of alkyl carbamates (subject to hydrolysis) is 1. The van der Waals surface area contributed by atoms with Crippen molar-refractivity contribution < 1.29 is 9.53 Å². The summed E-state index contributed by atoms with van der Waals surface area (Å²) in [6.45, 7) is 3.78. The normalized spacial score (nSPS) is 10.0. The fraction of sp³-hybridized carbons (Fsp3) is 0.714. The van der Waals surface area contributed by atoms with Gasteiger partial charge in [0, 0.05) is 6.54 Å². The molecule has 62 valence electrons. The molecule has 0 heterocycles. The zero-order chi connectivity index (χ0) is 8.91. The van der Waals surface area contributed by atoms with Gasteiger partial charge < -0.3 is 10.1 Å². The molecule has 4 heteroatoms. The highest BCUT2D eigenvalue weighted by Crippen LogP contribution is 2.10. The number of nitriles is 1.